The first-order valence-electron chi connectivity index (χ1n) is 8.64. The van der Waals surface area contributed by atoms with Gasteiger partial charge in [0.15, 0.2) is 5.82 Å². The number of amides is 2. The van der Waals surface area contributed by atoms with Crippen LogP contribution < -0.4 is 5.32 Å². The van der Waals surface area contributed by atoms with Crippen molar-refractivity contribution in [2.45, 2.75) is 18.4 Å². The summed E-state index contributed by atoms with van der Waals surface area (Å²) in [6.07, 6.45) is 6.26. The van der Waals surface area contributed by atoms with E-state index < -0.39 is 5.54 Å². The summed E-state index contributed by atoms with van der Waals surface area (Å²) in [5, 5.41) is 11.4. The molecule has 2 aromatic heterocycles. The highest BCUT2D eigenvalue weighted by molar-refractivity contribution is 5.96. The number of nitrogens with zero attached hydrogens (tertiary/aromatic N) is 6. The normalized spacial score (nSPS) is 16.7. The zero-order chi connectivity index (χ0) is 18.7. The van der Waals surface area contributed by atoms with Crippen molar-refractivity contribution in [1.82, 2.24) is 29.4 Å². The van der Waals surface area contributed by atoms with E-state index in [0.29, 0.717) is 38.3 Å². The predicted octanol–water partition coefficient (Wildman–Crippen LogP) is 0.135. The van der Waals surface area contributed by atoms with Crippen molar-refractivity contribution in [1.29, 1.82) is 0 Å². The van der Waals surface area contributed by atoms with Gasteiger partial charge in [-0.2, -0.15) is 10.2 Å². The van der Waals surface area contributed by atoms with Crippen molar-refractivity contribution in [2.24, 2.45) is 7.05 Å². The highest BCUT2D eigenvalue weighted by Gasteiger charge is 2.44. The van der Waals surface area contributed by atoms with Crippen LogP contribution in [0.1, 0.15) is 12.8 Å². The lowest BCUT2D eigenvalue weighted by molar-refractivity contribution is -0.138. The fourth-order valence-corrected chi connectivity index (χ4v) is 3.29. The fraction of sp³-hybridized carbons (Fsp3) is 0.529. The van der Waals surface area contributed by atoms with Crippen LogP contribution in [0.5, 0.6) is 0 Å². The number of nitrogens with one attached hydrogen (secondary N) is 1. The molecule has 2 aromatic rings. The lowest BCUT2D eigenvalue weighted by atomic mass is 9.86. The quantitative estimate of drug-likeness (QED) is 0.820. The van der Waals surface area contributed by atoms with Crippen LogP contribution in [0.25, 0.3) is 0 Å². The van der Waals surface area contributed by atoms with Gasteiger partial charge in [0.25, 0.3) is 5.91 Å². The molecule has 9 nitrogen and oxygen atoms in total. The number of carbonyl (C=O) groups is 2. The van der Waals surface area contributed by atoms with Gasteiger partial charge >= 0.3 is 0 Å². The molecule has 9 heteroatoms. The van der Waals surface area contributed by atoms with Crippen molar-refractivity contribution < 1.29 is 9.59 Å². The standard InChI is InChI=1S/C17H25N7O2/c1-21(2)13-15(25)23-11-6-17(7-12-23,24-9-4-8-18-24)16(26)19-14-5-10-22(3)20-14/h4-5,8-10H,6-7,11-13H2,1-3H3,(H,19,20,26). The number of hydrogen-bond donors (Lipinski definition) is 1. The van der Waals surface area contributed by atoms with Crippen LogP contribution in [0.3, 0.4) is 0 Å². The maximum absolute atomic E-state index is 13.1. The molecule has 140 valence electrons. The number of hydrogen-bond acceptors (Lipinski definition) is 5. The Balaban J connectivity index is 1.77. The predicted molar refractivity (Wildman–Crippen MR) is 96.4 cm³/mol. The van der Waals surface area contributed by atoms with Crippen LogP contribution in [0.4, 0.5) is 5.82 Å². The second-order valence-electron chi connectivity index (χ2n) is 6.93. The van der Waals surface area contributed by atoms with Gasteiger partial charge in [-0.25, -0.2) is 0 Å². The van der Waals surface area contributed by atoms with Gasteiger partial charge in [0.05, 0.1) is 6.54 Å². The Labute approximate surface area is 152 Å². The van der Waals surface area contributed by atoms with Crippen molar-refractivity contribution in [3.63, 3.8) is 0 Å². The monoisotopic (exact) mass is 359 g/mol. The van der Waals surface area contributed by atoms with E-state index >= 15 is 0 Å². The minimum Gasteiger partial charge on any atom is -0.341 e. The number of aryl methyl sites for hydroxylation is 1. The van der Waals surface area contributed by atoms with Crippen molar-refractivity contribution in [2.75, 3.05) is 39.0 Å². The van der Waals surface area contributed by atoms with Gasteiger partial charge in [0.2, 0.25) is 5.91 Å². The van der Waals surface area contributed by atoms with Gasteiger partial charge in [0.1, 0.15) is 5.54 Å². The Morgan fingerprint density at radius 3 is 2.54 bits per heavy atom. The molecule has 3 heterocycles. The Hall–Kier alpha value is -2.68. The van der Waals surface area contributed by atoms with Crippen molar-refractivity contribution in [3.05, 3.63) is 30.7 Å². The van der Waals surface area contributed by atoms with Crippen LogP contribution in [-0.4, -0.2) is 74.9 Å². The minimum absolute atomic E-state index is 0.0780. The SMILES string of the molecule is CN(C)CC(=O)N1CCC(C(=O)Nc2ccn(C)n2)(n2cccn2)CC1. The molecule has 26 heavy (non-hydrogen) atoms. The fourth-order valence-electron chi connectivity index (χ4n) is 3.29. The highest BCUT2D eigenvalue weighted by atomic mass is 16.2. The third-order valence-corrected chi connectivity index (χ3v) is 4.72. The van der Waals surface area contributed by atoms with Gasteiger partial charge in [-0.05, 0) is 33.0 Å². The van der Waals surface area contributed by atoms with Crippen molar-refractivity contribution >= 4 is 17.6 Å². The third kappa shape index (κ3) is 3.62. The average Bonchev–Trinajstić information content (AvgIpc) is 3.26. The molecule has 0 unspecified atom stereocenters. The molecule has 0 saturated carbocycles. The zero-order valence-electron chi connectivity index (χ0n) is 15.4. The summed E-state index contributed by atoms with van der Waals surface area (Å²) in [4.78, 5) is 29.1. The van der Waals surface area contributed by atoms with Gasteiger partial charge < -0.3 is 15.1 Å². The molecule has 1 fully saturated rings. The molecule has 1 saturated heterocycles. The first-order valence-corrected chi connectivity index (χ1v) is 8.64. The molecular formula is C17H25N7O2. The van der Waals surface area contributed by atoms with E-state index in [2.05, 4.69) is 15.5 Å². The van der Waals surface area contributed by atoms with Crippen LogP contribution in [0, 0.1) is 0 Å². The number of aromatic nitrogens is 4. The molecule has 0 atom stereocenters. The molecule has 1 aliphatic heterocycles. The number of anilines is 1. The molecular weight excluding hydrogens is 334 g/mol. The first-order chi connectivity index (χ1) is 12.4. The van der Waals surface area contributed by atoms with E-state index in [4.69, 9.17) is 0 Å². The third-order valence-electron chi connectivity index (χ3n) is 4.72. The van der Waals surface area contributed by atoms with E-state index in [1.54, 1.807) is 47.1 Å². The number of carbonyl (C=O) groups excluding carboxylic acids is 2. The van der Waals surface area contributed by atoms with E-state index in [-0.39, 0.29) is 11.8 Å². The average molecular weight is 359 g/mol. The summed E-state index contributed by atoms with van der Waals surface area (Å²) in [5.74, 6) is 0.434. The summed E-state index contributed by atoms with van der Waals surface area (Å²) in [7, 11) is 5.54. The van der Waals surface area contributed by atoms with E-state index in [1.807, 2.05) is 23.9 Å². The second-order valence-corrected chi connectivity index (χ2v) is 6.93. The van der Waals surface area contributed by atoms with E-state index in [1.165, 1.54) is 0 Å². The number of likely N-dealkylation sites (tertiary alicyclic amines) is 1. The maximum Gasteiger partial charge on any atom is 0.253 e. The zero-order valence-corrected chi connectivity index (χ0v) is 15.4. The van der Waals surface area contributed by atoms with Gasteiger partial charge in [-0.15, -0.1) is 0 Å². The minimum atomic E-state index is -0.823. The van der Waals surface area contributed by atoms with E-state index in [9.17, 15) is 9.59 Å². The Kier molecular flexibility index (Phi) is 5.08. The van der Waals surface area contributed by atoms with Crippen molar-refractivity contribution in [3.8, 4) is 0 Å². The van der Waals surface area contributed by atoms with Crippen LogP contribution in [0.2, 0.25) is 0 Å². The smallest absolute Gasteiger partial charge is 0.253 e. The highest BCUT2D eigenvalue weighted by Crippen LogP contribution is 2.31. The summed E-state index contributed by atoms with van der Waals surface area (Å²) in [5.41, 5.74) is -0.823. The van der Waals surface area contributed by atoms with Gasteiger partial charge in [0, 0.05) is 44.8 Å². The number of piperidine rings is 1. The van der Waals surface area contributed by atoms with Crippen LogP contribution in [-0.2, 0) is 22.2 Å². The Morgan fingerprint density at radius 2 is 2.00 bits per heavy atom. The lowest BCUT2D eigenvalue weighted by Gasteiger charge is -2.40. The molecule has 2 amide bonds. The van der Waals surface area contributed by atoms with Crippen LogP contribution in [0.15, 0.2) is 30.7 Å². The number of rotatable bonds is 5. The molecule has 0 bridgehead atoms. The summed E-state index contributed by atoms with van der Waals surface area (Å²) >= 11 is 0. The van der Waals surface area contributed by atoms with Gasteiger partial charge in [-0.3, -0.25) is 19.0 Å². The van der Waals surface area contributed by atoms with Gasteiger partial charge in [-0.1, -0.05) is 0 Å². The topological polar surface area (TPSA) is 88.3 Å². The maximum atomic E-state index is 13.1. The molecule has 1 aliphatic rings. The lowest BCUT2D eigenvalue weighted by Crippen LogP contribution is -2.55. The summed E-state index contributed by atoms with van der Waals surface area (Å²) < 4.78 is 3.34. The molecule has 3 rings (SSSR count). The second kappa shape index (κ2) is 7.28. The molecule has 0 aromatic carbocycles. The number of likely N-dealkylation sites (N-methyl/N-ethyl adjacent to an activating group) is 1. The first kappa shape index (κ1) is 18.1. The summed E-state index contributed by atoms with van der Waals surface area (Å²) in [6, 6.07) is 3.56. The summed E-state index contributed by atoms with van der Waals surface area (Å²) in [6.45, 7) is 1.40. The largest absolute Gasteiger partial charge is 0.341 e. The molecule has 0 aliphatic carbocycles. The molecule has 1 N–H and O–H groups in total. The molecule has 0 spiro atoms. The van der Waals surface area contributed by atoms with E-state index in [0.717, 1.165) is 0 Å². The molecule has 0 radical (unpaired) electrons. The Bertz CT molecular complexity index is 758. The Morgan fingerprint density at radius 1 is 1.27 bits per heavy atom. The van der Waals surface area contributed by atoms with Crippen LogP contribution >= 0.6 is 0 Å².